The molecule has 178 valence electrons. The number of hydrogen-bond donors (Lipinski definition) is 0. The summed E-state index contributed by atoms with van der Waals surface area (Å²) in [4.78, 5) is 28.8. The van der Waals surface area contributed by atoms with Crippen LogP contribution in [0.3, 0.4) is 0 Å². The van der Waals surface area contributed by atoms with Crippen molar-refractivity contribution < 1.29 is 23.5 Å². The van der Waals surface area contributed by atoms with Crippen molar-refractivity contribution in [3.8, 4) is 5.75 Å². The number of hydrogen-bond acceptors (Lipinski definition) is 5. The number of carbonyl (C=O) groups is 2. The Balaban J connectivity index is 1.22. The fraction of sp³-hybridized carbons (Fsp3) is 0.407. The van der Waals surface area contributed by atoms with Crippen LogP contribution in [0.2, 0.25) is 0 Å². The summed E-state index contributed by atoms with van der Waals surface area (Å²) >= 11 is 0. The predicted molar refractivity (Wildman–Crippen MR) is 128 cm³/mol. The van der Waals surface area contributed by atoms with Crippen molar-refractivity contribution in [2.24, 2.45) is 5.92 Å². The summed E-state index contributed by atoms with van der Waals surface area (Å²) in [5.74, 6) is 1.02. The van der Waals surface area contributed by atoms with E-state index in [2.05, 4.69) is 6.07 Å². The van der Waals surface area contributed by atoms with Gasteiger partial charge in [-0.1, -0.05) is 18.2 Å². The molecular formula is C27H30N2O5. The molecule has 2 aliphatic heterocycles. The van der Waals surface area contributed by atoms with Gasteiger partial charge in [0, 0.05) is 42.9 Å². The van der Waals surface area contributed by atoms with E-state index < -0.39 is 0 Å². The largest absolute Gasteiger partial charge is 0.492 e. The lowest BCUT2D eigenvalue weighted by molar-refractivity contribution is -0.128. The first-order valence-electron chi connectivity index (χ1n) is 12.0. The second-order valence-electron chi connectivity index (χ2n) is 9.01. The van der Waals surface area contributed by atoms with Crippen LogP contribution < -0.4 is 4.74 Å². The Morgan fingerprint density at radius 3 is 2.91 bits per heavy atom. The molecule has 0 spiro atoms. The molecule has 0 unspecified atom stereocenters. The highest BCUT2D eigenvalue weighted by Crippen LogP contribution is 2.24. The van der Waals surface area contributed by atoms with E-state index >= 15 is 0 Å². The van der Waals surface area contributed by atoms with Crippen LogP contribution in [0.5, 0.6) is 5.75 Å². The van der Waals surface area contributed by atoms with E-state index in [0.29, 0.717) is 57.2 Å². The van der Waals surface area contributed by atoms with Crippen LogP contribution in [0, 0.1) is 5.92 Å². The van der Waals surface area contributed by atoms with Crippen LogP contribution in [-0.4, -0.2) is 67.6 Å². The summed E-state index contributed by atoms with van der Waals surface area (Å²) in [5, 5.41) is 1.12. The summed E-state index contributed by atoms with van der Waals surface area (Å²) < 4.78 is 17.2. The molecule has 2 saturated heterocycles. The van der Waals surface area contributed by atoms with Crippen molar-refractivity contribution >= 4 is 22.8 Å². The fourth-order valence-corrected chi connectivity index (χ4v) is 4.85. The van der Waals surface area contributed by atoms with Gasteiger partial charge < -0.3 is 23.7 Å². The first-order valence-corrected chi connectivity index (χ1v) is 12.0. The number of carbonyl (C=O) groups excluding carboxylic acids is 2. The molecule has 2 amide bonds. The van der Waals surface area contributed by atoms with Crippen LogP contribution in [0.1, 0.15) is 28.8 Å². The number of benzene rings is 2. The Morgan fingerprint density at radius 2 is 2.03 bits per heavy atom. The zero-order valence-corrected chi connectivity index (χ0v) is 19.3. The summed E-state index contributed by atoms with van der Waals surface area (Å²) in [7, 11) is 0. The lowest BCUT2D eigenvalue weighted by Gasteiger charge is -2.24. The predicted octanol–water partition coefficient (Wildman–Crippen LogP) is 3.77. The second kappa shape index (κ2) is 10.3. The third-order valence-corrected chi connectivity index (χ3v) is 6.60. The highest BCUT2D eigenvalue weighted by Gasteiger charge is 2.25. The van der Waals surface area contributed by atoms with E-state index in [4.69, 9.17) is 13.9 Å². The van der Waals surface area contributed by atoms with Gasteiger partial charge in [0.1, 0.15) is 17.9 Å². The van der Waals surface area contributed by atoms with E-state index in [9.17, 15) is 9.59 Å². The summed E-state index contributed by atoms with van der Waals surface area (Å²) in [6, 6.07) is 15.4. The number of fused-ring (bicyclic) bond motifs is 1. The molecule has 7 nitrogen and oxygen atoms in total. The molecule has 0 bridgehead atoms. The van der Waals surface area contributed by atoms with Crippen molar-refractivity contribution in [2.75, 3.05) is 46.0 Å². The minimum atomic E-state index is -0.0165. The van der Waals surface area contributed by atoms with Crippen molar-refractivity contribution in [2.45, 2.75) is 19.3 Å². The van der Waals surface area contributed by atoms with Crippen molar-refractivity contribution in [3.05, 3.63) is 65.9 Å². The third kappa shape index (κ3) is 5.09. The number of ether oxygens (including phenoxy) is 2. The number of furan rings is 1. The van der Waals surface area contributed by atoms with Crippen LogP contribution in [0.15, 0.2) is 59.2 Å². The number of rotatable bonds is 7. The van der Waals surface area contributed by atoms with Gasteiger partial charge in [-0.25, -0.2) is 0 Å². The first kappa shape index (κ1) is 22.5. The maximum Gasteiger partial charge on any atom is 0.254 e. The summed E-state index contributed by atoms with van der Waals surface area (Å²) in [6.45, 7) is 4.14. The highest BCUT2D eigenvalue weighted by atomic mass is 16.5. The molecule has 2 aromatic carbocycles. The number of nitrogens with zero attached hydrogens (tertiary/aromatic N) is 2. The molecule has 5 rings (SSSR count). The Morgan fingerprint density at radius 1 is 1.12 bits per heavy atom. The molecule has 1 atom stereocenters. The normalized spacial score (nSPS) is 18.9. The van der Waals surface area contributed by atoms with Gasteiger partial charge in [-0.3, -0.25) is 9.59 Å². The molecule has 3 heterocycles. The Hall–Kier alpha value is -3.32. The molecule has 0 saturated carbocycles. The molecule has 2 fully saturated rings. The minimum absolute atomic E-state index is 0.0165. The molecule has 3 aromatic rings. The lowest BCUT2D eigenvalue weighted by atomic mass is 9.97. The van der Waals surface area contributed by atoms with Crippen LogP contribution in [0.4, 0.5) is 0 Å². The molecule has 0 N–H and O–H groups in total. The van der Waals surface area contributed by atoms with Gasteiger partial charge in [-0.15, -0.1) is 0 Å². The average Bonchev–Trinajstić information content (AvgIpc) is 3.43. The lowest BCUT2D eigenvalue weighted by Crippen LogP contribution is -2.36. The quantitative estimate of drug-likeness (QED) is 0.535. The number of amides is 2. The van der Waals surface area contributed by atoms with Crippen molar-refractivity contribution in [3.63, 3.8) is 0 Å². The van der Waals surface area contributed by atoms with Crippen molar-refractivity contribution in [1.82, 2.24) is 9.80 Å². The number of likely N-dealkylation sites (tertiary alicyclic amines) is 1. The Bertz CT molecular complexity index is 1160. The molecule has 7 heteroatoms. The Labute approximate surface area is 199 Å². The Kier molecular flexibility index (Phi) is 6.81. The van der Waals surface area contributed by atoms with Crippen LogP contribution >= 0.6 is 0 Å². The maximum absolute atomic E-state index is 13.3. The van der Waals surface area contributed by atoms with E-state index in [0.717, 1.165) is 30.4 Å². The first-order chi connectivity index (χ1) is 16.7. The second-order valence-corrected chi connectivity index (χ2v) is 9.01. The monoisotopic (exact) mass is 462 g/mol. The topological polar surface area (TPSA) is 72.2 Å². The van der Waals surface area contributed by atoms with E-state index in [1.165, 1.54) is 5.56 Å². The standard InChI is InChI=1S/C27H30N2O5/c30-26-8-3-10-28(26)12-15-33-23-6-1-5-22(17-23)27(31)29-11-14-32-19-20(18-29)16-21-4-2-7-25-24(21)9-13-34-25/h1-2,4-7,9,13,17,20H,3,8,10-12,14-16,18-19H2/t20-/m1/s1. The van der Waals surface area contributed by atoms with Crippen LogP contribution in [0.25, 0.3) is 11.0 Å². The van der Waals surface area contributed by atoms with Gasteiger partial charge in [0.05, 0.1) is 26.0 Å². The van der Waals surface area contributed by atoms with Gasteiger partial charge in [0.15, 0.2) is 0 Å². The van der Waals surface area contributed by atoms with Crippen molar-refractivity contribution in [1.29, 1.82) is 0 Å². The zero-order chi connectivity index (χ0) is 23.3. The zero-order valence-electron chi connectivity index (χ0n) is 19.3. The smallest absolute Gasteiger partial charge is 0.254 e. The minimum Gasteiger partial charge on any atom is -0.492 e. The third-order valence-electron chi connectivity index (χ3n) is 6.60. The van der Waals surface area contributed by atoms with E-state index in [1.807, 2.05) is 46.2 Å². The average molecular weight is 463 g/mol. The van der Waals surface area contributed by atoms with Gasteiger partial charge in [-0.05, 0) is 48.7 Å². The summed E-state index contributed by atoms with van der Waals surface area (Å²) in [5.41, 5.74) is 2.69. The van der Waals surface area contributed by atoms with Gasteiger partial charge in [0.25, 0.3) is 5.91 Å². The van der Waals surface area contributed by atoms with Gasteiger partial charge in [-0.2, -0.15) is 0 Å². The summed E-state index contributed by atoms with van der Waals surface area (Å²) in [6.07, 6.45) is 4.08. The highest BCUT2D eigenvalue weighted by molar-refractivity contribution is 5.94. The van der Waals surface area contributed by atoms with Gasteiger partial charge in [0.2, 0.25) is 5.91 Å². The maximum atomic E-state index is 13.3. The molecule has 2 aliphatic rings. The SMILES string of the molecule is O=C1CCCN1CCOc1cccc(C(=O)N2CCOC[C@H](Cc3cccc4occc34)C2)c1. The van der Waals surface area contributed by atoms with E-state index in [1.54, 1.807) is 12.3 Å². The van der Waals surface area contributed by atoms with Gasteiger partial charge >= 0.3 is 0 Å². The van der Waals surface area contributed by atoms with E-state index in [-0.39, 0.29) is 17.7 Å². The molecule has 1 aromatic heterocycles. The molecule has 0 radical (unpaired) electrons. The molecule has 34 heavy (non-hydrogen) atoms. The van der Waals surface area contributed by atoms with Crippen LogP contribution in [-0.2, 0) is 16.0 Å². The molecular weight excluding hydrogens is 432 g/mol. The molecule has 0 aliphatic carbocycles. The fourth-order valence-electron chi connectivity index (χ4n) is 4.85.